The fourth-order valence-electron chi connectivity index (χ4n) is 2.89. The number of aliphatic carboxylic acids is 1. The molecular weight excluding hydrogens is 188 g/mol. The Morgan fingerprint density at radius 3 is 2.13 bits per heavy atom. The Morgan fingerprint density at radius 1 is 1.13 bits per heavy atom. The van der Waals surface area contributed by atoms with E-state index in [9.17, 15) is 9.90 Å². The first-order chi connectivity index (χ1) is 6.93. The molecule has 0 aliphatic heterocycles. The van der Waals surface area contributed by atoms with Crippen molar-refractivity contribution in [1.29, 1.82) is 0 Å². The highest BCUT2D eigenvalue weighted by atomic mass is 16.4. The second kappa shape index (κ2) is 5.00. The van der Waals surface area contributed by atoms with Gasteiger partial charge in [-0.05, 0) is 42.9 Å². The molecule has 0 radical (unpaired) electrons. The van der Waals surface area contributed by atoms with Crippen LogP contribution in [0.15, 0.2) is 0 Å². The third kappa shape index (κ3) is 2.96. The summed E-state index contributed by atoms with van der Waals surface area (Å²) in [6.07, 6.45) is 3.07. The van der Waals surface area contributed by atoms with Crippen LogP contribution in [-0.2, 0) is 4.79 Å². The van der Waals surface area contributed by atoms with E-state index in [0.717, 1.165) is 25.2 Å². The number of carbonyl (C=O) groups is 1. The zero-order chi connectivity index (χ0) is 11.6. The summed E-state index contributed by atoms with van der Waals surface area (Å²) in [6.45, 7) is 8.82. The highest BCUT2D eigenvalue weighted by molar-refractivity contribution is 5.70. The first-order valence-electron chi connectivity index (χ1n) is 6.16. The second-order valence-corrected chi connectivity index (χ2v) is 5.67. The summed E-state index contributed by atoms with van der Waals surface area (Å²) in [5.41, 5.74) is 0. The molecule has 3 unspecified atom stereocenters. The molecule has 2 nitrogen and oxygen atoms in total. The maximum absolute atomic E-state index is 11.1. The van der Waals surface area contributed by atoms with Crippen molar-refractivity contribution < 1.29 is 9.90 Å². The van der Waals surface area contributed by atoms with Gasteiger partial charge in [0.25, 0.3) is 0 Å². The van der Waals surface area contributed by atoms with E-state index in [4.69, 9.17) is 0 Å². The topological polar surface area (TPSA) is 37.3 Å². The average molecular weight is 212 g/mol. The molecule has 1 N–H and O–H groups in total. The lowest BCUT2D eigenvalue weighted by Crippen LogP contribution is -2.35. The zero-order valence-electron chi connectivity index (χ0n) is 10.4. The quantitative estimate of drug-likeness (QED) is 0.778. The fourth-order valence-corrected chi connectivity index (χ4v) is 2.89. The van der Waals surface area contributed by atoms with Gasteiger partial charge in [-0.25, -0.2) is 0 Å². The van der Waals surface area contributed by atoms with Crippen LogP contribution in [0.2, 0.25) is 0 Å². The van der Waals surface area contributed by atoms with Gasteiger partial charge in [0, 0.05) is 0 Å². The van der Waals surface area contributed by atoms with Crippen molar-refractivity contribution in [2.45, 2.75) is 47.0 Å². The third-order valence-corrected chi connectivity index (χ3v) is 4.06. The van der Waals surface area contributed by atoms with Crippen molar-refractivity contribution in [3.8, 4) is 0 Å². The maximum atomic E-state index is 11.1. The maximum Gasteiger partial charge on any atom is 0.306 e. The Balaban J connectivity index is 2.69. The number of carboxylic acids is 1. The van der Waals surface area contributed by atoms with Crippen LogP contribution in [0.5, 0.6) is 0 Å². The van der Waals surface area contributed by atoms with Gasteiger partial charge < -0.3 is 5.11 Å². The number of carboxylic acid groups (broad SMARTS) is 1. The highest BCUT2D eigenvalue weighted by Crippen LogP contribution is 2.41. The molecule has 0 bridgehead atoms. The van der Waals surface area contributed by atoms with E-state index >= 15 is 0 Å². The van der Waals surface area contributed by atoms with E-state index in [-0.39, 0.29) is 5.92 Å². The predicted molar refractivity (Wildman–Crippen MR) is 61.6 cm³/mol. The van der Waals surface area contributed by atoms with Gasteiger partial charge in [0.2, 0.25) is 0 Å². The van der Waals surface area contributed by atoms with Gasteiger partial charge in [0.15, 0.2) is 0 Å². The molecule has 15 heavy (non-hydrogen) atoms. The first kappa shape index (κ1) is 12.5. The Labute approximate surface area is 93.1 Å². The van der Waals surface area contributed by atoms with E-state index in [1.807, 2.05) is 0 Å². The molecule has 0 saturated heterocycles. The van der Waals surface area contributed by atoms with Gasteiger partial charge in [-0.1, -0.05) is 27.7 Å². The summed E-state index contributed by atoms with van der Waals surface area (Å²) in [6, 6.07) is 0. The van der Waals surface area contributed by atoms with Crippen molar-refractivity contribution in [2.24, 2.45) is 29.6 Å². The Morgan fingerprint density at radius 2 is 1.73 bits per heavy atom. The smallest absolute Gasteiger partial charge is 0.306 e. The van der Waals surface area contributed by atoms with Gasteiger partial charge in [-0.3, -0.25) is 4.79 Å². The molecule has 1 aliphatic rings. The van der Waals surface area contributed by atoms with Gasteiger partial charge in [-0.2, -0.15) is 0 Å². The molecule has 88 valence electrons. The Bertz CT molecular complexity index is 221. The standard InChI is InChI=1S/C13H24O2/c1-8(2)10-5-6-11(13(14)15)12(7-10)9(3)4/h8-12H,5-7H2,1-4H3,(H,14,15). The molecule has 0 aromatic carbocycles. The van der Waals surface area contributed by atoms with Crippen LogP contribution in [0.25, 0.3) is 0 Å². The molecule has 1 rings (SSSR count). The second-order valence-electron chi connectivity index (χ2n) is 5.67. The number of rotatable bonds is 3. The van der Waals surface area contributed by atoms with Gasteiger partial charge >= 0.3 is 5.97 Å². The molecule has 2 heteroatoms. The normalized spacial score (nSPS) is 32.3. The van der Waals surface area contributed by atoms with Crippen LogP contribution in [0.4, 0.5) is 0 Å². The van der Waals surface area contributed by atoms with Crippen molar-refractivity contribution in [1.82, 2.24) is 0 Å². The molecule has 0 amide bonds. The fraction of sp³-hybridized carbons (Fsp3) is 0.923. The number of hydrogen-bond acceptors (Lipinski definition) is 1. The SMILES string of the molecule is CC(C)C1CCC(C(=O)O)C(C(C)C)C1. The van der Waals surface area contributed by atoms with E-state index < -0.39 is 5.97 Å². The van der Waals surface area contributed by atoms with Gasteiger partial charge in [0.1, 0.15) is 0 Å². The third-order valence-electron chi connectivity index (χ3n) is 4.06. The minimum atomic E-state index is -0.587. The minimum Gasteiger partial charge on any atom is -0.481 e. The van der Waals surface area contributed by atoms with E-state index in [1.54, 1.807) is 0 Å². The Kier molecular flexibility index (Phi) is 4.18. The molecule has 0 aromatic rings. The van der Waals surface area contributed by atoms with Crippen molar-refractivity contribution in [3.05, 3.63) is 0 Å². The van der Waals surface area contributed by atoms with Crippen molar-refractivity contribution in [2.75, 3.05) is 0 Å². The number of hydrogen-bond donors (Lipinski definition) is 1. The molecule has 0 heterocycles. The minimum absolute atomic E-state index is 0.0972. The molecule has 3 atom stereocenters. The molecule has 1 aliphatic carbocycles. The largest absolute Gasteiger partial charge is 0.481 e. The summed E-state index contributed by atoms with van der Waals surface area (Å²) in [7, 11) is 0. The van der Waals surface area contributed by atoms with Crippen LogP contribution < -0.4 is 0 Å². The first-order valence-corrected chi connectivity index (χ1v) is 6.16. The van der Waals surface area contributed by atoms with Crippen LogP contribution in [0.1, 0.15) is 47.0 Å². The Hall–Kier alpha value is -0.530. The summed E-state index contributed by atoms with van der Waals surface area (Å²) in [5, 5.41) is 9.18. The molecule has 0 spiro atoms. The summed E-state index contributed by atoms with van der Waals surface area (Å²) >= 11 is 0. The lowest BCUT2D eigenvalue weighted by atomic mass is 9.67. The van der Waals surface area contributed by atoms with Crippen LogP contribution in [0, 0.1) is 29.6 Å². The predicted octanol–water partition coefficient (Wildman–Crippen LogP) is 3.42. The van der Waals surface area contributed by atoms with Crippen LogP contribution in [-0.4, -0.2) is 11.1 Å². The van der Waals surface area contributed by atoms with Crippen molar-refractivity contribution >= 4 is 5.97 Å². The molecule has 1 saturated carbocycles. The van der Waals surface area contributed by atoms with Crippen LogP contribution >= 0.6 is 0 Å². The lowest BCUT2D eigenvalue weighted by molar-refractivity contribution is -0.146. The molecule has 1 fully saturated rings. The van der Waals surface area contributed by atoms with E-state index in [0.29, 0.717) is 17.8 Å². The summed E-state index contributed by atoms with van der Waals surface area (Å²) in [4.78, 5) is 11.1. The van der Waals surface area contributed by atoms with Crippen molar-refractivity contribution in [3.63, 3.8) is 0 Å². The van der Waals surface area contributed by atoms with E-state index in [2.05, 4.69) is 27.7 Å². The lowest BCUT2D eigenvalue weighted by Gasteiger charge is -2.38. The molecular formula is C13H24O2. The summed E-state index contributed by atoms with van der Waals surface area (Å²) < 4.78 is 0. The summed E-state index contributed by atoms with van der Waals surface area (Å²) in [5.74, 6) is 1.61. The van der Waals surface area contributed by atoms with Gasteiger partial charge in [-0.15, -0.1) is 0 Å². The average Bonchev–Trinajstić information content (AvgIpc) is 2.16. The van der Waals surface area contributed by atoms with E-state index in [1.165, 1.54) is 0 Å². The highest BCUT2D eigenvalue weighted by Gasteiger charge is 2.37. The van der Waals surface area contributed by atoms with Crippen LogP contribution in [0.3, 0.4) is 0 Å². The zero-order valence-corrected chi connectivity index (χ0v) is 10.4. The monoisotopic (exact) mass is 212 g/mol. The van der Waals surface area contributed by atoms with Gasteiger partial charge in [0.05, 0.1) is 5.92 Å². The molecule has 0 aromatic heterocycles.